The van der Waals surface area contributed by atoms with E-state index in [0.717, 1.165) is 11.9 Å². The van der Waals surface area contributed by atoms with E-state index in [1.165, 1.54) is 10.9 Å². The average molecular weight is 410 g/mol. The molecule has 0 saturated heterocycles. The van der Waals surface area contributed by atoms with Gasteiger partial charge in [0, 0.05) is 30.8 Å². The molecule has 0 aliphatic rings. The molecular formula is C18H21Cl2N5O2. The van der Waals surface area contributed by atoms with Gasteiger partial charge in [-0.25, -0.2) is 4.98 Å². The molecule has 1 atom stereocenters. The number of nitrogens with zero attached hydrogens (tertiary/aromatic N) is 2. The van der Waals surface area contributed by atoms with Crippen LogP contribution in [-0.2, 0) is 11.2 Å². The van der Waals surface area contributed by atoms with Crippen molar-refractivity contribution in [3.63, 3.8) is 0 Å². The number of benzene rings is 1. The number of H-pyrrole nitrogens is 1. The van der Waals surface area contributed by atoms with E-state index in [1.807, 2.05) is 24.4 Å². The minimum atomic E-state index is -0.291. The number of anilines is 1. The lowest BCUT2D eigenvalue weighted by Crippen LogP contribution is -2.32. The normalized spacial score (nSPS) is 12.3. The number of hydrogen-bond acceptors (Lipinski definition) is 6. The molecule has 2 aromatic heterocycles. The number of aromatic amines is 1. The fraction of sp³-hybridized carbons (Fsp3) is 0.333. The molecule has 0 fully saturated rings. The van der Waals surface area contributed by atoms with Crippen LogP contribution < -0.4 is 15.8 Å². The quantitative estimate of drug-likeness (QED) is 0.370. The Kier molecular flexibility index (Phi) is 6.73. The summed E-state index contributed by atoms with van der Waals surface area (Å²) in [5.41, 5.74) is 8.21. The van der Waals surface area contributed by atoms with Gasteiger partial charge in [0.05, 0.1) is 12.6 Å². The van der Waals surface area contributed by atoms with Crippen molar-refractivity contribution < 1.29 is 9.47 Å². The van der Waals surface area contributed by atoms with Crippen LogP contribution >= 0.6 is 23.2 Å². The van der Waals surface area contributed by atoms with E-state index in [1.54, 1.807) is 7.11 Å². The van der Waals surface area contributed by atoms with Crippen LogP contribution in [0.5, 0.6) is 5.75 Å². The van der Waals surface area contributed by atoms with Crippen molar-refractivity contribution in [1.82, 2.24) is 15.0 Å². The summed E-state index contributed by atoms with van der Waals surface area (Å²) in [4.78, 5) is 11.4. The van der Waals surface area contributed by atoms with Gasteiger partial charge in [-0.3, -0.25) is 0 Å². The Labute approximate surface area is 167 Å². The molecule has 4 N–H and O–H groups in total. The van der Waals surface area contributed by atoms with E-state index in [9.17, 15) is 0 Å². The first-order valence-electron chi connectivity index (χ1n) is 8.47. The molecule has 0 amide bonds. The highest BCUT2D eigenvalue weighted by molar-refractivity contribution is 6.33. The summed E-state index contributed by atoms with van der Waals surface area (Å²) in [6.07, 6.45) is 2.79. The molecule has 27 heavy (non-hydrogen) atoms. The summed E-state index contributed by atoms with van der Waals surface area (Å²) in [5, 5.41) is 4.60. The molecule has 3 rings (SSSR count). The van der Waals surface area contributed by atoms with Crippen LogP contribution in [0.15, 0.2) is 30.5 Å². The molecule has 0 aliphatic heterocycles. The maximum Gasteiger partial charge on any atom is 0.226 e. The van der Waals surface area contributed by atoms with Crippen LogP contribution in [-0.4, -0.2) is 47.9 Å². The predicted octanol–water partition coefficient (Wildman–Crippen LogP) is 3.27. The number of aromatic nitrogens is 3. The molecule has 9 heteroatoms. The first-order valence-corrected chi connectivity index (χ1v) is 9.23. The molecule has 0 radical (unpaired) electrons. The Balaban J connectivity index is 1.68. The number of rotatable bonds is 9. The first kappa shape index (κ1) is 19.7. The number of nitrogens with one attached hydrogen (secondary N) is 2. The second-order valence-electron chi connectivity index (χ2n) is 6.02. The lowest BCUT2D eigenvalue weighted by molar-refractivity contribution is 0.152. The van der Waals surface area contributed by atoms with Gasteiger partial charge >= 0.3 is 0 Å². The van der Waals surface area contributed by atoms with Gasteiger partial charge in [-0.1, -0.05) is 29.8 Å². The minimum absolute atomic E-state index is 0.0446. The summed E-state index contributed by atoms with van der Waals surface area (Å²) >= 11 is 12.1. The van der Waals surface area contributed by atoms with Crippen LogP contribution in [0.1, 0.15) is 5.56 Å². The second kappa shape index (κ2) is 9.23. The van der Waals surface area contributed by atoms with Gasteiger partial charge in [-0.2, -0.15) is 4.98 Å². The van der Waals surface area contributed by atoms with Crippen molar-refractivity contribution in [2.75, 3.05) is 32.2 Å². The molecule has 144 valence electrons. The number of methoxy groups -OCH3 is 1. The van der Waals surface area contributed by atoms with E-state index >= 15 is 0 Å². The highest BCUT2D eigenvalue weighted by atomic mass is 35.5. The third-order valence-electron chi connectivity index (χ3n) is 3.98. The number of para-hydroxylation sites is 1. The lowest BCUT2D eigenvalue weighted by atomic mass is 10.1. The summed E-state index contributed by atoms with van der Waals surface area (Å²) < 4.78 is 10.7. The van der Waals surface area contributed by atoms with Crippen molar-refractivity contribution >= 4 is 39.9 Å². The Morgan fingerprint density at radius 2 is 2.04 bits per heavy atom. The van der Waals surface area contributed by atoms with Crippen molar-refractivity contribution in [3.8, 4) is 5.75 Å². The molecule has 1 unspecified atom stereocenters. The van der Waals surface area contributed by atoms with Crippen molar-refractivity contribution in [3.05, 3.63) is 46.5 Å². The second-order valence-corrected chi connectivity index (χ2v) is 6.72. The zero-order valence-corrected chi connectivity index (χ0v) is 16.3. The van der Waals surface area contributed by atoms with Crippen LogP contribution in [0, 0.1) is 0 Å². The molecular weight excluding hydrogens is 389 g/mol. The number of ether oxygens (including phenoxy) is 2. The van der Waals surface area contributed by atoms with Crippen molar-refractivity contribution in [1.29, 1.82) is 0 Å². The Morgan fingerprint density at radius 3 is 2.85 bits per heavy atom. The molecule has 3 aromatic rings. The molecule has 2 heterocycles. The topological polar surface area (TPSA) is 98.1 Å². The molecule has 0 bridgehead atoms. The van der Waals surface area contributed by atoms with Gasteiger partial charge in [-0.15, -0.1) is 0 Å². The Bertz CT molecular complexity index is 903. The zero-order valence-electron chi connectivity index (χ0n) is 14.8. The van der Waals surface area contributed by atoms with Crippen LogP contribution in [0.2, 0.25) is 10.4 Å². The van der Waals surface area contributed by atoms with E-state index in [4.69, 9.17) is 38.4 Å². The van der Waals surface area contributed by atoms with E-state index in [2.05, 4.69) is 26.3 Å². The molecule has 7 nitrogen and oxygen atoms in total. The predicted molar refractivity (Wildman–Crippen MR) is 108 cm³/mol. The highest BCUT2D eigenvalue weighted by Crippen LogP contribution is 2.31. The van der Waals surface area contributed by atoms with E-state index < -0.39 is 0 Å². The summed E-state index contributed by atoms with van der Waals surface area (Å²) in [6, 6.07) is 7.87. The van der Waals surface area contributed by atoms with Gasteiger partial charge in [0.25, 0.3) is 0 Å². The fourth-order valence-electron chi connectivity index (χ4n) is 2.75. The SMILES string of the molecule is COCC(N)COc1c(Cl)nc(Cl)nc1NCCc1c[nH]c2ccccc12. The van der Waals surface area contributed by atoms with Crippen LogP contribution in [0.3, 0.4) is 0 Å². The summed E-state index contributed by atoms with van der Waals surface area (Å²) in [7, 11) is 1.58. The maximum atomic E-state index is 6.17. The third-order valence-corrected chi connectivity index (χ3v) is 4.41. The molecule has 0 spiro atoms. The summed E-state index contributed by atoms with van der Waals surface area (Å²) in [6.45, 7) is 1.21. The zero-order chi connectivity index (χ0) is 19.2. The Hall–Kier alpha value is -2.06. The summed E-state index contributed by atoms with van der Waals surface area (Å²) in [5.74, 6) is 0.760. The monoisotopic (exact) mass is 409 g/mol. The van der Waals surface area contributed by atoms with Gasteiger partial charge in [0.1, 0.15) is 6.61 Å². The van der Waals surface area contributed by atoms with E-state index in [-0.39, 0.29) is 23.1 Å². The highest BCUT2D eigenvalue weighted by Gasteiger charge is 2.16. The van der Waals surface area contributed by atoms with Gasteiger partial charge in [0.2, 0.25) is 5.28 Å². The number of nitrogens with two attached hydrogens (primary N) is 1. The van der Waals surface area contributed by atoms with Crippen LogP contribution in [0.25, 0.3) is 10.9 Å². The van der Waals surface area contributed by atoms with Crippen molar-refractivity contribution in [2.45, 2.75) is 12.5 Å². The maximum absolute atomic E-state index is 6.17. The smallest absolute Gasteiger partial charge is 0.226 e. The Morgan fingerprint density at radius 1 is 1.22 bits per heavy atom. The third kappa shape index (κ3) is 5.01. The molecule has 0 aliphatic carbocycles. The standard InChI is InChI=1S/C18H21Cl2N5O2/c1-26-9-12(21)10-27-15-16(19)24-18(20)25-17(15)22-7-6-11-8-23-14-5-3-2-4-13(11)14/h2-5,8,12,23H,6-7,9-10,21H2,1H3,(H,22,24,25). The average Bonchev–Trinajstić information content (AvgIpc) is 3.04. The fourth-order valence-corrected chi connectivity index (χ4v) is 3.19. The van der Waals surface area contributed by atoms with E-state index in [0.29, 0.717) is 24.7 Å². The number of halogens is 2. The van der Waals surface area contributed by atoms with Gasteiger partial charge < -0.3 is 25.5 Å². The van der Waals surface area contributed by atoms with Crippen molar-refractivity contribution in [2.24, 2.45) is 5.73 Å². The lowest BCUT2D eigenvalue weighted by Gasteiger charge is -2.16. The number of hydrogen-bond donors (Lipinski definition) is 3. The first-order chi connectivity index (χ1) is 13.1. The van der Waals surface area contributed by atoms with Gasteiger partial charge in [-0.05, 0) is 29.7 Å². The van der Waals surface area contributed by atoms with Crippen LogP contribution in [0.4, 0.5) is 5.82 Å². The largest absolute Gasteiger partial charge is 0.485 e. The number of fused-ring (bicyclic) bond motifs is 1. The van der Waals surface area contributed by atoms with Gasteiger partial charge in [0.15, 0.2) is 16.7 Å². The molecule has 1 aromatic carbocycles. The minimum Gasteiger partial charge on any atom is -0.485 e. The molecule has 0 saturated carbocycles.